The molecule has 0 radical (unpaired) electrons. The summed E-state index contributed by atoms with van der Waals surface area (Å²) in [5, 5.41) is 10.1. The topological polar surface area (TPSA) is 73.2 Å². The largest absolute Gasteiger partial charge is 0.503 e. The van der Waals surface area contributed by atoms with E-state index < -0.39 is 5.76 Å². The number of aliphatic hydroxyl groups excluding tert-OH is 1. The molecule has 0 aliphatic heterocycles. The van der Waals surface area contributed by atoms with Crippen LogP contribution in [0.4, 0.5) is 0 Å². The second-order valence-corrected chi connectivity index (χ2v) is 8.31. The van der Waals surface area contributed by atoms with Crippen LogP contribution in [-0.4, -0.2) is 67.5 Å². The van der Waals surface area contributed by atoms with Gasteiger partial charge in [-0.05, 0) is 38.9 Å². The number of carbonyl (C=O) groups is 2. The van der Waals surface area contributed by atoms with Crippen LogP contribution in [0.5, 0.6) is 0 Å². The van der Waals surface area contributed by atoms with Gasteiger partial charge in [-0.25, -0.2) is 0 Å². The Hall–Kier alpha value is -2.47. The Balaban J connectivity index is 3.37. The average Bonchev–Trinajstić information content (AvgIpc) is 3.24. The fourth-order valence-corrected chi connectivity index (χ4v) is 4.12. The maximum absolute atomic E-state index is 11.8. The molecule has 0 amide bonds. The number of rotatable bonds is 13. The van der Waals surface area contributed by atoms with Crippen molar-refractivity contribution in [2.45, 2.75) is 51.9 Å². The summed E-state index contributed by atoms with van der Waals surface area (Å²) in [6.07, 6.45) is 16.2. The predicted molar refractivity (Wildman–Crippen MR) is 128 cm³/mol. The van der Waals surface area contributed by atoms with Crippen molar-refractivity contribution < 1.29 is 14.7 Å². The lowest BCUT2D eigenvalue weighted by Crippen LogP contribution is -2.40. The molecule has 0 saturated heterocycles. The zero-order valence-electron chi connectivity index (χ0n) is 19.6. The molecule has 0 heterocycles. The molecule has 172 valence electrons. The molecule has 0 aromatic rings. The van der Waals surface area contributed by atoms with Crippen LogP contribution in [0.1, 0.15) is 51.9 Å². The fourth-order valence-electron chi connectivity index (χ4n) is 4.12. The first-order chi connectivity index (χ1) is 14.9. The molecule has 0 aromatic carbocycles. The monoisotopic (exact) mass is 429 g/mol. The van der Waals surface area contributed by atoms with Gasteiger partial charge in [0.25, 0.3) is 0 Å². The molecule has 1 fully saturated rings. The van der Waals surface area contributed by atoms with E-state index in [1.54, 1.807) is 11.9 Å². The summed E-state index contributed by atoms with van der Waals surface area (Å²) < 4.78 is 0. The standard InChI is InChI=1S/C25H39N3O3/c1-6-8-9-10-13-21(7-2)25(14-11-12-15-25)18-24(26-3)28(17-16-27(4)5)22(19-29)23(31)20-30/h7,9-10,13,19-20,31H,2,6,8,11-12,14-18H2,1,3-5H3/b10-9-,21-13+,23-22+,26-24-. The number of aldehydes is 2. The lowest BCUT2D eigenvalue weighted by molar-refractivity contribution is -0.109. The van der Waals surface area contributed by atoms with Crippen molar-refractivity contribution in [2.24, 2.45) is 10.4 Å². The van der Waals surface area contributed by atoms with E-state index in [0.717, 1.165) is 38.5 Å². The lowest BCUT2D eigenvalue weighted by Gasteiger charge is -2.35. The molecule has 1 aliphatic carbocycles. The van der Waals surface area contributed by atoms with Gasteiger partial charge in [-0.2, -0.15) is 0 Å². The summed E-state index contributed by atoms with van der Waals surface area (Å²) in [6.45, 7) is 7.29. The Kier molecular flexibility index (Phi) is 11.8. The van der Waals surface area contributed by atoms with E-state index in [-0.39, 0.29) is 11.1 Å². The van der Waals surface area contributed by atoms with Crippen molar-refractivity contribution in [1.82, 2.24) is 9.80 Å². The van der Waals surface area contributed by atoms with Crippen LogP contribution in [0.15, 0.2) is 52.9 Å². The highest BCUT2D eigenvalue weighted by molar-refractivity contribution is 5.93. The smallest absolute Gasteiger partial charge is 0.186 e. The Bertz CT molecular complexity index is 726. The molecule has 0 aromatic heterocycles. The normalized spacial score (nSPS) is 17.7. The van der Waals surface area contributed by atoms with E-state index in [0.29, 0.717) is 37.9 Å². The first kappa shape index (κ1) is 26.6. The highest BCUT2D eigenvalue weighted by atomic mass is 16.3. The van der Waals surface area contributed by atoms with Crippen molar-refractivity contribution in [3.63, 3.8) is 0 Å². The molecule has 1 rings (SSSR count). The summed E-state index contributed by atoms with van der Waals surface area (Å²) in [5.74, 6) is 0.113. The minimum absolute atomic E-state index is 0.0439. The van der Waals surface area contributed by atoms with E-state index in [4.69, 9.17) is 0 Å². The molecule has 31 heavy (non-hydrogen) atoms. The third kappa shape index (κ3) is 7.62. The first-order valence-electron chi connectivity index (χ1n) is 11.1. The minimum Gasteiger partial charge on any atom is -0.503 e. The third-order valence-corrected chi connectivity index (χ3v) is 5.87. The molecule has 6 nitrogen and oxygen atoms in total. The minimum atomic E-state index is -0.572. The highest BCUT2D eigenvalue weighted by Gasteiger charge is 2.38. The zero-order chi connectivity index (χ0) is 23.3. The van der Waals surface area contributed by atoms with Crippen LogP contribution >= 0.6 is 0 Å². The van der Waals surface area contributed by atoms with Gasteiger partial charge in [0.15, 0.2) is 18.3 Å². The third-order valence-electron chi connectivity index (χ3n) is 5.87. The van der Waals surface area contributed by atoms with Crippen molar-refractivity contribution >= 4 is 18.4 Å². The van der Waals surface area contributed by atoms with Crippen LogP contribution in [0, 0.1) is 5.41 Å². The van der Waals surface area contributed by atoms with Gasteiger partial charge in [-0.15, -0.1) is 0 Å². The zero-order valence-corrected chi connectivity index (χ0v) is 19.6. The number of likely N-dealkylation sites (N-methyl/N-ethyl adjacent to an activating group) is 1. The summed E-state index contributed by atoms with van der Waals surface area (Å²) in [5.41, 5.74) is 0.994. The number of hydrogen-bond acceptors (Lipinski definition) is 5. The van der Waals surface area contributed by atoms with Gasteiger partial charge in [-0.1, -0.05) is 57.1 Å². The quantitative estimate of drug-likeness (QED) is 0.117. The van der Waals surface area contributed by atoms with Gasteiger partial charge in [0, 0.05) is 32.0 Å². The van der Waals surface area contributed by atoms with Crippen LogP contribution in [0.25, 0.3) is 0 Å². The summed E-state index contributed by atoms with van der Waals surface area (Å²) in [7, 11) is 5.56. The summed E-state index contributed by atoms with van der Waals surface area (Å²) in [4.78, 5) is 31.2. The number of carbonyl (C=O) groups excluding carboxylic acids is 2. The van der Waals surface area contributed by atoms with Crippen molar-refractivity contribution in [3.05, 3.63) is 47.9 Å². The van der Waals surface area contributed by atoms with E-state index in [2.05, 4.69) is 36.7 Å². The van der Waals surface area contributed by atoms with Gasteiger partial charge < -0.3 is 14.9 Å². The van der Waals surface area contributed by atoms with Crippen LogP contribution in [0.3, 0.4) is 0 Å². The number of unbranched alkanes of at least 4 members (excludes halogenated alkanes) is 1. The average molecular weight is 430 g/mol. The van der Waals surface area contributed by atoms with Crippen molar-refractivity contribution in [2.75, 3.05) is 34.2 Å². The Morgan fingerprint density at radius 2 is 1.84 bits per heavy atom. The summed E-state index contributed by atoms with van der Waals surface area (Å²) >= 11 is 0. The van der Waals surface area contributed by atoms with Crippen molar-refractivity contribution in [1.29, 1.82) is 0 Å². The van der Waals surface area contributed by atoms with Crippen molar-refractivity contribution in [3.8, 4) is 0 Å². The number of allylic oxidation sites excluding steroid dienone is 7. The van der Waals surface area contributed by atoms with Crippen LogP contribution in [-0.2, 0) is 9.59 Å². The molecule has 0 spiro atoms. The molecular formula is C25H39N3O3. The van der Waals surface area contributed by atoms with Gasteiger partial charge in [0.1, 0.15) is 11.5 Å². The Morgan fingerprint density at radius 3 is 2.32 bits per heavy atom. The maximum Gasteiger partial charge on any atom is 0.186 e. The molecule has 0 bridgehead atoms. The van der Waals surface area contributed by atoms with Gasteiger partial charge in [0.05, 0.1) is 0 Å². The van der Waals surface area contributed by atoms with Gasteiger partial charge in [-0.3, -0.25) is 14.6 Å². The van der Waals surface area contributed by atoms with E-state index in [1.807, 2.05) is 25.1 Å². The van der Waals surface area contributed by atoms with Gasteiger partial charge in [0.2, 0.25) is 0 Å². The second-order valence-electron chi connectivity index (χ2n) is 8.31. The lowest BCUT2D eigenvalue weighted by atomic mass is 9.74. The van der Waals surface area contributed by atoms with Crippen LogP contribution < -0.4 is 0 Å². The van der Waals surface area contributed by atoms with E-state index >= 15 is 0 Å². The number of aliphatic imine (C=N–C) groups is 1. The Labute approximate surface area is 187 Å². The maximum atomic E-state index is 11.8. The Morgan fingerprint density at radius 1 is 1.16 bits per heavy atom. The molecule has 0 atom stereocenters. The van der Waals surface area contributed by atoms with Gasteiger partial charge >= 0.3 is 0 Å². The molecular weight excluding hydrogens is 390 g/mol. The number of hydrogen-bond donors (Lipinski definition) is 1. The number of nitrogens with zero attached hydrogens (tertiary/aromatic N) is 3. The fraction of sp³-hybridized carbons (Fsp3) is 0.560. The van der Waals surface area contributed by atoms with Crippen LogP contribution in [0.2, 0.25) is 0 Å². The van der Waals surface area contributed by atoms with E-state index in [9.17, 15) is 14.7 Å². The summed E-state index contributed by atoms with van der Waals surface area (Å²) in [6, 6.07) is 0. The first-order valence-corrected chi connectivity index (χ1v) is 11.1. The van der Waals surface area contributed by atoms with E-state index in [1.165, 1.54) is 5.57 Å². The molecule has 6 heteroatoms. The SMILES string of the molecule is C=C/C(=C\C=C/CCC)C1(C/C(=N/C)N(CCN(C)C)/C(C=O)=C(/O)C=O)CCCC1. The second kappa shape index (κ2) is 13.8. The molecule has 1 N–H and O–H groups in total. The predicted octanol–water partition coefficient (Wildman–Crippen LogP) is 4.46. The number of amidine groups is 1. The molecule has 1 aliphatic rings. The highest BCUT2D eigenvalue weighted by Crippen LogP contribution is 2.48. The molecule has 0 unspecified atom stereocenters. The molecule has 1 saturated carbocycles. The number of aliphatic hydroxyl groups is 1.